The number of hydrogen-bond donors (Lipinski definition) is 1. The van der Waals surface area contributed by atoms with Gasteiger partial charge in [-0.15, -0.1) is 0 Å². The van der Waals surface area contributed by atoms with E-state index in [0.29, 0.717) is 0 Å². The molecule has 1 N–H and O–H groups in total. The minimum absolute atomic E-state index is 0.493. The largest absolute Gasteiger partial charge is 0.386 e. The van der Waals surface area contributed by atoms with Crippen LogP contribution in [0.25, 0.3) is 0 Å². The predicted octanol–water partition coefficient (Wildman–Crippen LogP) is 6.72. The number of aliphatic hydroxyl groups is 1. The Morgan fingerprint density at radius 2 is 0.733 bits per heavy atom. The molecule has 0 unspecified atom stereocenters. The topological polar surface area (TPSA) is 38.7 Å². The maximum Gasteiger partial charge on any atom is 0.123 e. The molecule has 0 aliphatic rings. The monoisotopic (exact) mass is 406 g/mol. The van der Waals surface area contributed by atoms with Gasteiger partial charge in [0.15, 0.2) is 0 Å². The van der Waals surface area contributed by atoms with Gasteiger partial charge in [0.2, 0.25) is 0 Å². The molecule has 0 aliphatic heterocycles. The average molecular weight is 407 g/mol. The molecule has 0 saturated carbocycles. The summed E-state index contributed by atoms with van der Waals surface area (Å²) in [6.45, 7) is 11.6. The van der Waals surface area contributed by atoms with E-state index in [2.05, 4.69) is 0 Å². The van der Waals surface area contributed by atoms with E-state index >= 15 is 0 Å². The second-order valence-corrected chi connectivity index (χ2v) is 8.84. The minimum Gasteiger partial charge on any atom is -0.386 e. The van der Waals surface area contributed by atoms with Gasteiger partial charge in [-0.2, -0.15) is 0 Å². The third kappa shape index (κ3) is 7.10. The molecule has 0 aromatic heterocycles. The van der Waals surface area contributed by atoms with Crippen LogP contribution in [0, 0.1) is 0 Å². The standard InChI is InChI=1S/C18H22O2.C9H12O/c1-17(2,15-11-7-5-8-12-15)19-20-18(3,4)16-13-9-6-10-14-16;1-9(2,10)8-6-4-3-5-7-8/h5-14H,1-4H3;3-7,10H,1-2H3. The fourth-order valence-corrected chi connectivity index (χ4v) is 2.83. The smallest absolute Gasteiger partial charge is 0.123 e. The van der Waals surface area contributed by atoms with Gasteiger partial charge >= 0.3 is 0 Å². The van der Waals surface area contributed by atoms with Gasteiger partial charge in [0.25, 0.3) is 0 Å². The zero-order chi connectivity index (χ0) is 22.3. The molecule has 0 radical (unpaired) electrons. The summed E-state index contributed by atoms with van der Waals surface area (Å²) < 4.78 is 0. The van der Waals surface area contributed by atoms with Gasteiger partial charge in [0.1, 0.15) is 11.2 Å². The number of hydrogen-bond acceptors (Lipinski definition) is 3. The molecule has 3 nitrogen and oxygen atoms in total. The Morgan fingerprint density at radius 3 is 0.967 bits per heavy atom. The van der Waals surface area contributed by atoms with Crippen LogP contribution in [0.4, 0.5) is 0 Å². The van der Waals surface area contributed by atoms with Gasteiger partial charge in [0.05, 0.1) is 5.60 Å². The van der Waals surface area contributed by atoms with Gasteiger partial charge in [-0.05, 0) is 58.2 Å². The van der Waals surface area contributed by atoms with Crippen molar-refractivity contribution in [3.05, 3.63) is 108 Å². The first-order chi connectivity index (χ1) is 14.0. The molecule has 0 heterocycles. The van der Waals surface area contributed by atoms with Crippen molar-refractivity contribution in [2.75, 3.05) is 0 Å². The van der Waals surface area contributed by atoms with Gasteiger partial charge < -0.3 is 5.11 Å². The van der Waals surface area contributed by atoms with E-state index < -0.39 is 16.8 Å². The molecular formula is C27H34O3. The minimum atomic E-state index is -0.707. The van der Waals surface area contributed by atoms with Crippen molar-refractivity contribution < 1.29 is 14.9 Å². The van der Waals surface area contributed by atoms with Gasteiger partial charge in [-0.25, -0.2) is 9.78 Å². The first kappa shape index (κ1) is 23.8. The molecule has 0 saturated heterocycles. The van der Waals surface area contributed by atoms with Gasteiger partial charge in [0, 0.05) is 0 Å². The van der Waals surface area contributed by atoms with Crippen LogP contribution in [0.1, 0.15) is 58.2 Å². The summed E-state index contributed by atoms with van der Waals surface area (Å²) in [5.74, 6) is 0. The highest BCUT2D eigenvalue weighted by atomic mass is 17.2. The van der Waals surface area contributed by atoms with Crippen LogP contribution in [0.3, 0.4) is 0 Å². The maximum absolute atomic E-state index is 9.49. The molecule has 0 atom stereocenters. The summed E-state index contributed by atoms with van der Waals surface area (Å²) in [4.78, 5) is 11.5. The second kappa shape index (κ2) is 10.0. The lowest BCUT2D eigenvalue weighted by Crippen LogP contribution is -2.29. The normalized spacial score (nSPS) is 12.1. The van der Waals surface area contributed by atoms with Crippen LogP contribution < -0.4 is 0 Å². The van der Waals surface area contributed by atoms with Crippen LogP contribution in [0.2, 0.25) is 0 Å². The molecule has 160 valence electrons. The van der Waals surface area contributed by atoms with Crippen molar-refractivity contribution in [2.45, 2.75) is 58.3 Å². The molecule has 0 aliphatic carbocycles. The average Bonchev–Trinajstić information content (AvgIpc) is 2.74. The molecule has 3 heteroatoms. The van der Waals surface area contributed by atoms with E-state index in [0.717, 1.165) is 16.7 Å². The third-order valence-corrected chi connectivity index (χ3v) is 4.88. The van der Waals surface area contributed by atoms with Crippen LogP contribution in [0.5, 0.6) is 0 Å². The highest BCUT2D eigenvalue weighted by Gasteiger charge is 2.29. The van der Waals surface area contributed by atoms with Crippen molar-refractivity contribution in [1.82, 2.24) is 0 Å². The lowest BCUT2D eigenvalue weighted by atomic mass is 9.98. The zero-order valence-corrected chi connectivity index (χ0v) is 18.9. The summed E-state index contributed by atoms with van der Waals surface area (Å²) in [7, 11) is 0. The Hall–Kier alpha value is -2.46. The van der Waals surface area contributed by atoms with Crippen LogP contribution in [-0.2, 0) is 26.6 Å². The van der Waals surface area contributed by atoms with E-state index in [1.54, 1.807) is 13.8 Å². The third-order valence-electron chi connectivity index (χ3n) is 4.88. The predicted molar refractivity (Wildman–Crippen MR) is 123 cm³/mol. The Balaban J connectivity index is 0.000000269. The fraction of sp³-hybridized carbons (Fsp3) is 0.333. The quantitative estimate of drug-likeness (QED) is 0.365. The van der Waals surface area contributed by atoms with E-state index in [1.165, 1.54) is 0 Å². The molecule has 0 spiro atoms. The lowest BCUT2D eigenvalue weighted by molar-refractivity contribution is -0.410. The fourth-order valence-electron chi connectivity index (χ4n) is 2.83. The Morgan fingerprint density at radius 1 is 0.467 bits per heavy atom. The molecule has 3 aromatic rings. The van der Waals surface area contributed by atoms with Crippen molar-refractivity contribution >= 4 is 0 Å². The summed E-state index contributed by atoms with van der Waals surface area (Å²) >= 11 is 0. The Labute approximate surface area is 181 Å². The van der Waals surface area contributed by atoms with E-state index in [4.69, 9.17) is 9.78 Å². The van der Waals surface area contributed by atoms with Crippen molar-refractivity contribution in [3.8, 4) is 0 Å². The number of rotatable bonds is 6. The summed E-state index contributed by atoms with van der Waals surface area (Å²) in [6, 6.07) is 29.8. The lowest BCUT2D eigenvalue weighted by Gasteiger charge is -2.31. The molecule has 3 rings (SSSR count). The van der Waals surface area contributed by atoms with Crippen LogP contribution in [0.15, 0.2) is 91.0 Å². The first-order valence-corrected chi connectivity index (χ1v) is 10.3. The summed E-state index contributed by atoms with van der Waals surface area (Å²) in [5.41, 5.74) is 1.43. The van der Waals surface area contributed by atoms with Gasteiger partial charge in [-0.3, -0.25) is 0 Å². The van der Waals surface area contributed by atoms with Gasteiger partial charge in [-0.1, -0.05) is 91.0 Å². The van der Waals surface area contributed by atoms with E-state index in [1.807, 2.05) is 119 Å². The highest BCUT2D eigenvalue weighted by Crippen LogP contribution is 2.31. The Kier molecular flexibility index (Phi) is 7.96. The van der Waals surface area contributed by atoms with E-state index in [9.17, 15) is 5.11 Å². The molecule has 3 aromatic carbocycles. The Bertz CT molecular complexity index is 813. The zero-order valence-electron chi connectivity index (χ0n) is 18.9. The van der Waals surface area contributed by atoms with Crippen LogP contribution >= 0.6 is 0 Å². The van der Waals surface area contributed by atoms with Crippen molar-refractivity contribution in [3.63, 3.8) is 0 Å². The molecular weight excluding hydrogens is 372 g/mol. The van der Waals surface area contributed by atoms with Crippen molar-refractivity contribution in [2.24, 2.45) is 0 Å². The first-order valence-electron chi connectivity index (χ1n) is 10.3. The second-order valence-electron chi connectivity index (χ2n) is 8.84. The SMILES string of the molecule is CC(C)(O)c1ccccc1.CC(C)(OOC(C)(C)c1ccccc1)c1ccccc1. The van der Waals surface area contributed by atoms with E-state index in [-0.39, 0.29) is 0 Å². The van der Waals surface area contributed by atoms with Crippen LogP contribution in [-0.4, -0.2) is 5.11 Å². The molecule has 0 fully saturated rings. The number of benzene rings is 3. The summed E-state index contributed by atoms with van der Waals surface area (Å²) in [6.07, 6.45) is 0. The maximum atomic E-state index is 9.49. The summed E-state index contributed by atoms with van der Waals surface area (Å²) in [5, 5.41) is 9.49. The molecule has 0 amide bonds. The van der Waals surface area contributed by atoms with Crippen molar-refractivity contribution in [1.29, 1.82) is 0 Å². The highest BCUT2D eigenvalue weighted by molar-refractivity contribution is 5.22. The molecule has 30 heavy (non-hydrogen) atoms. The molecule has 0 bridgehead atoms.